The Kier molecular flexibility index (Phi) is 6.34. The third kappa shape index (κ3) is 4.84. The highest BCUT2D eigenvalue weighted by molar-refractivity contribution is 7.89. The first kappa shape index (κ1) is 22.4. The Labute approximate surface area is 190 Å². The molecule has 0 radical (unpaired) electrons. The van der Waals surface area contributed by atoms with Crippen LogP contribution >= 0.6 is 0 Å². The zero-order valence-electron chi connectivity index (χ0n) is 17.4. The molecule has 9 heteroatoms. The lowest BCUT2D eigenvalue weighted by molar-refractivity contribution is 0.0420. The predicted octanol–water partition coefficient (Wildman–Crippen LogP) is 2.62. The summed E-state index contributed by atoms with van der Waals surface area (Å²) < 4.78 is 32.9. The summed E-state index contributed by atoms with van der Waals surface area (Å²) in [7, 11) is -3.85. The zero-order chi connectivity index (χ0) is 23.4. The van der Waals surface area contributed by atoms with Gasteiger partial charge in [-0.2, -0.15) is 0 Å². The van der Waals surface area contributed by atoms with Crippen LogP contribution in [-0.2, 0) is 21.3 Å². The molecular weight excluding hydrogens is 444 g/mol. The molecule has 0 unspecified atom stereocenters. The lowest BCUT2D eigenvalue weighted by Gasteiger charge is -2.14. The summed E-state index contributed by atoms with van der Waals surface area (Å²) in [5, 5.41) is 0. The van der Waals surface area contributed by atoms with E-state index in [4.69, 9.17) is 4.74 Å². The first-order valence-electron chi connectivity index (χ1n) is 10.1. The van der Waals surface area contributed by atoms with Crippen LogP contribution in [-0.4, -0.2) is 44.3 Å². The van der Waals surface area contributed by atoms with Crippen molar-refractivity contribution in [2.75, 3.05) is 13.2 Å². The second-order valence-corrected chi connectivity index (χ2v) is 9.05. The van der Waals surface area contributed by atoms with E-state index >= 15 is 0 Å². The molecule has 0 fully saturated rings. The summed E-state index contributed by atoms with van der Waals surface area (Å²) in [5.41, 5.74) is 1.47. The van der Waals surface area contributed by atoms with E-state index in [9.17, 15) is 22.8 Å². The van der Waals surface area contributed by atoms with Crippen molar-refractivity contribution in [3.63, 3.8) is 0 Å². The van der Waals surface area contributed by atoms with Crippen LogP contribution in [0.5, 0.6) is 0 Å². The van der Waals surface area contributed by atoms with E-state index in [1.165, 1.54) is 24.3 Å². The van der Waals surface area contributed by atoms with E-state index in [0.717, 1.165) is 10.5 Å². The second kappa shape index (κ2) is 9.35. The number of imide groups is 1. The van der Waals surface area contributed by atoms with Crippen LogP contribution in [0.15, 0.2) is 83.8 Å². The molecule has 1 heterocycles. The molecule has 0 bridgehead atoms. The van der Waals surface area contributed by atoms with E-state index in [1.807, 2.05) is 18.2 Å². The van der Waals surface area contributed by atoms with Gasteiger partial charge in [-0.25, -0.2) is 17.9 Å². The molecule has 3 aromatic carbocycles. The van der Waals surface area contributed by atoms with Crippen molar-refractivity contribution in [1.29, 1.82) is 0 Å². The van der Waals surface area contributed by atoms with Crippen molar-refractivity contribution < 1.29 is 27.5 Å². The Hall–Kier alpha value is -3.82. The van der Waals surface area contributed by atoms with Gasteiger partial charge in [-0.15, -0.1) is 0 Å². The number of nitrogens with zero attached hydrogens (tertiary/aromatic N) is 1. The number of sulfonamides is 1. The molecule has 33 heavy (non-hydrogen) atoms. The van der Waals surface area contributed by atoms with Crippen LogP contribution in [0.3, 0.4) is 0 Å². The van der Waals surface area contributed by atoms with Crippen molar-refractivity contribution in [3.8, 4) is 0 Å². The molecule has 2 amide bonds. The number of rotatable bonds is 8. The summed E-state index contributed by atoms with van der Waals surface area (Å²) in [5.74, 6) is -1.64. The molecule has 1 aliphatic rings. The Morgan fingerprint density at radius 1 is 0.848 bits per heavy atom. The number of ether oxygens (including phenoxy) is 1. The standard InChI is InChI=1S/C24H20N2O6S/c27-22-20-11-4-5-12-21(20)23(28)26(22)13-14-32-24(29)18-9-6-10-19(15-18)33(30,31)25-16-17-7-2-1-3-8-17/h1-12,15,25H,13-14,16H2. The van der Waals surface area contributed by atoms with Crippen LogP contribution in [0, 0.1) is 0 Å². The third-order valence-corrected chi connectivity index (χ3v) is 6.51. The molecule has 0 saturated heterocycles. The largest absolute Gasteiger partial charge is 0.460 e. The highest BCUT2D eigenvalue weighted by Gasteiger charge is 2.34. The molecule has 0 saturated carbocycles. The van der Waals surface area contributed by atoms with Gasteiger partial charge in [0, 0.05) is 6.54 Å². The van der Waals surface area contributed by atoms with Gasteiger partial charge in [-0.05, 0) is 35.9 Å². The summed E-state index contributed by atoms with van der Waals surface area (Å²) in [6.07, 6.45) is 0. The topological polar surface area (TPSA) is 110 Å². The number of carbonyl (C=O) groups excluding carboxylic acids is 3. The first-order chi connectivity index (χ1) is 15.9. The Morgan fingerprint density at radius 2 is 1.48 bits per heavy atom. The number of hydrogen-bond acceptors (Lipinski definition) is 6. The number of esters is 1. The fraction of sp³-hybridized carbons (Fsp3) is 0.125. The Balaban J connectivity index is 1.36. The predicted molar refractivity (Wildman–Crippen MR) is 119 cm³/mol. The number of nitrogens with one attached hydrogen (secondary N) is 1. The van der Waals surface area contributed by atoms with E-state index < -0.39 is 27.8 Å². The van der Waals surface area contributed by atoms with E-state index in [1.54, 1.807) is 36.4 Å². The number of fused-ring (bicyclic) bond motifs is 1. The van der Waals surface area contributed by atoms with Crippen molar-refractivity contribution in [2.45, 2.75) is 11.4 Å². The van der Waals surface area contributed by atoms with Gasteiger partial charge in [0.25, 0.3) is 11.8 Å². The highest BCUT2D eigenvalue weighted by atomic mass is 32.2. The van der Waals surface area contributed by atoms with Crippen LogP contribution in [0.25, 0.3) is 0 Å². The average Bonchev–Trinajstić information content (AvgIpc) is 3.08. The maximum Gasteiger partial charge on any atom is 0.338 e. The second-order valence-electron chi connectivity index (χ2n) is 7.28. The Morgan fingerprint density at radius 3 is 2.15 bits per heavy atom. The van der Waals surface area contributed by atoms with Crippen molar-refractivity contribution in [3.05, 3.63) is 101 Å². The summed E-state index contributed by atoms with van der Waals surface area (Å²) in [6, 6.07) is 21.0. The number of amides is 2. The molecule has 0 atom stereocenters. The number of benzene rings is 3. The van der Waals surface area contributed by atoms with Crippen LogP contribution in [0.4, 0.5) is 0 Å². The lowest BCUT2D eigenvalue weighted by Crippen LogP contribution is -2.33. The fourth-order valence-electron chi connectivity index (χ4n) is 3.40. The van der Waals surface area contributed by atoms with Crippen LogP contribution < -0.4 is 4.72 Å². The third-order valence-electron chi connectivity index (χ3n) is 5.12. The van der Waals surface area contributed by atoms with Crippen LogP contribution in [0.1, 0.15) is 36.6 Å². The molecular formula is C24H20N2O6S. The molecule has 8 nitrogen and oxygen atoms in total. The minimum absolute atomic E-state index is 0.0416. The van der Waals surface area contributed by atoms with E-state index in [-0.39, 0.29) is 30.2 Å². The summed E-state index contributed by atoms with van der Waals surface area (Å²) in [4.78, 5) is 38.1. The SMILES string of the molecule is O=C(OCCN1C(=O)c2ccccc2C1=O)c1cccc(S(=O)(=O)NCc2ccccc2)c1. The number of carbonyl (C=O) groups is 3. The minimum atomic E-state index is -3.85. The lowest BCUT2D eigenvalue weighted by atomic mass is 10.1. The maximum atomic E-state index is 12.6. The molecule has 1 aliphatic heterocycles. The zero-order valence-corrected chi connectivity index (χ0v) is 18.2. The molecule has 0 aromatic heterocycles. The van der Waals surface area contributed by atoms with Gasteiger partial charge >= 0.3 is 5.97 Å². The molecule has 0 spiro atoms. The molecule has 0 aliphatic carbocycles. The molecule has 1 N–H and O–H groups in total. The van der Waals surface area contributed by atoms with Gasteiger partial charge in [0.1, 0.15) is 6.61 Å². The van der Waals surface area contributed by atoms with Gasteiger partial charge in [0.05, 0.1) is 28.1 Å². The van der Waals surface area contributed by atoms with E-state index in [2.05, 4.69) is 4.72 Å². The smallest absolute Gasteiger partial charge is 0.338 e. The van der Waals surface area contributed by atoms with Gasteiger partial charge in [-0.3, -0.25) is 14.5 Å². The number of hydrogen-bond donors (Lipinski definition) is 1. The van der Waals surface area contributed by atoms with Crippen molar-refractivity contribution in [1.82, 2.24) is 9.62 Å². The minimum Gasteiger partial charge on any atom is -0.460 e. The average molecular weight is 464 g/mol. The summed E-state index contributed by atoms with van der Waals surface area (Å²) in [6.45, 7) is -0.208. The monoisotopic (exact) mass is 464 g/mol. The van der Waals surface area contributed by atoms with Gasteiger partial charge in [0.15, 0.2) is 0 Å². The van der Waals surface area contributed by atoms with E-state index in [0.29, 0.717) is 11.1 Å². The summed E-state index contributed by atoms with van der Waals surface area (Å²) >= 11 is 0. The van der Waals surface area contributed by atoms with Gasteiger partial charge in [0.2, 0.25) is 10.0 Å². The molecule has 4 rings (SSSR count). The van der Waals surface area contributed by atoms with Crippen LogP contribution in [0.2, 0.25) is 0 Å². The van der Waals surface area contributed by atoms with Crippen molar-refractivity contribution >= 4 is 27.8 Å². The van der Waals surface area contributed by atoms with Gasteiger partial charge < -0.3 is 4.74 Å². The first-order valence-corrected chi connectivity index (χ1v) is 11.6. The normalized spacial score (nSPS) is 13.2. The van der Waals surface area contributed by atoms with Crippen molar-refractivity contribution in [2.24, 2.45) is 0 Å². The Bertz CT molecular complexity index is 1290. The fourth-order valence-corrected chi connectivity index (χ4v) is 4.47. The molecule has 3 aromatic rings. The highest BCUT2D eigenvalue weighted by Crippen LogP contribution is 2.22. The maximum absolute atomic E-state index is 12.6. The molecule has 168 valence electrons. The quantitative estimate of drug-likeness (QED) is 0.405. The van der Waals surface area contributed by atoms with Gasteiger partial charge in [-0.1, -0.05) is 48.5 Å².